The van der Waals surface area contributed by atoms with Crippen LogP contribution in [0.3, 0.4) is 0 Å². The molecule has 0 aliphatic carbocycles. The van der Waals surface area contributed by atoms with Gasteiger partial charge in [0.1, 0.15) is 12.3 Å². The van der Waals surface area contributed by atoms with Crippen LogP contribution in [0.4, 0.5) is 5.69 Å². The van der Waals surface area contributed by atoms with E-state index in [1.165, 1.54) is 4.90 Å². The van der Waals surface area contributed by atoms with Crippen molar-refractivity contribution in [2.75, 3.05) is 38.3 Å². The Bertz CT molecular complexity index is 699. The minimum absolute atomic E-state index is 0.0875. The highest BCUT2D eigenvalue weighted by atomic mass is 16.5. The Hall–Kier alpha value is -2.61. The highest BCUT2D eigenvalue weighted by Crippen LogP contribution is 2.29. The molecule has 1 unspecified atom stereocenters. The maximum Gasteiger partial charge on any atom is 0.323 e. The molecule has 1 aromatic carbocycles. The zero-order chi connectivity index (χ0) is 19.4. The van der Waals surface area contributed by atoms with Crippen molar-refractivity contribution >= 4 is 23.5 Å². The van der Waals surface area contributed by atoms with Gasteiger partial charge in [-0.05, 0) is 37.1 Å². The molecule has 2 aliphatic rings. The average Bonchev–Trinajstić information content (AvgIpc) is 3.08. The molecule has 0 aromatic heterocycles. The zero-order valence-electron chi connectivity index (χ0n) is 15.3. The van der Waals surface area contributed by atoms with Gasteiger partial charge in [0.15, 0.2) is 0 Å². The number of rotatable bonds is 6. The van der Waals surface area contributed by atoms with Gasteiger partial charge in [0.2, 0.25) is 11.8 Å². The summed E-state index contributed by atoms with van der Waals surface area (Å²) in [6.07, 6.45) is 1.31. The first kappa shape index (κ1) is 19.2. The number of anilines is 1. The van der Waals surface area contributed by atoms with Gasteiger partial charge in [-0.2, -0.15) is 0 Å². The second-order valence-electron chi connectivity index (χ2n) is 6.81. The van der Waals surface area contributed by atoms with Gasteiger partial charge in [-0.25, -0.2) is 0 Å². The number of carboxylic acid groups (broad SMARTS) is 1. The number of hydrogen-bond acceptors (Lipinski definition) is 5. The maximum absolute atomic E-state index is 13.0. The normalized spacial score (nSPS) is 20.6. The third-order valence-corrected chi connectivity index (χ3v) is 5.08. The number of amides is 2. The second-order valence-corrected chi connectivity index (χ2v) is 6.81. The Morgan fingerprint density at radius 3 is 2.52 bits per heavy atom. The lowest BCUT2D eigenvalue weighted by Gasteiger charge is -2.34. The first-order valence-corrected chi connectivity index (χ1v) is 9.04. The van der Waals surface area contributed by atoms with Crippen LogP contribution in [-0.4, -0.2) is 67.2 Å². The van der Waals surface area contributed by atoms with E-state index < -0.39 is 11.9 Å². The van der Waals surface area contributed by atoms with Crippen molar-refractivity contribution in [3.63, 3.8) is 0 Å². The Morgan fingerprint density at radius 2 is 1.93 bits per heavy atom. The summed E-state index contributed by atoms with van der Waals surface area (Å²) in [5, 5.41) is 9.22. The van der Waals surface area contributed by atoms with Crippen molar-refractivity contribution in [1.29, 1.82) is 0 Å². The lowest BCUT2D eigenvalue weighted by molar-refractivity contribution is -0.149. The van der Waals surface area contributed by atoms with Gasteiger partial charge in [0.05, 0.1) is 13.0 Å². The second kappa shape index (κ2) is 8.39. The Morgan fingerprint density at radius 1 is 1.26 bits per heavy atom. The topological polar surface area (TPSA) is 96.4 Å². The number of ether oxygens (including phenoxy) is 2. The molecular weight excluding hydrogens is 352 g/mol. The molecule has 146 valence electrons. The average molecular weight is 376 g/mol. The van der Waals surface area contributed by atoms with E-state index in [-0.39, 0.29) is 37.4 Å². The molecule has 2 heterocycles. The van der Waals surface area contributed by atoms with Crippen LogP contribution in [0, 0.1) is 5.92 Å². The highest BCUT2D eigenvalue weighted by molar-refractivity contribution is 6.00. The molecule has 2 amide bonds. The van der Waals surface area contributed by atoms with E-state index in [9.17, 15) is 19.5 Å². The van der Waals surface area contributed by atoms with Gasteiger partial charge in [-0.1, -0.05) is 0 Å². The van der Waals surface area contributed by atoms with Gasteiger partial charge in [0.25, 0.3) is 0 Å². The van der Waals surface area contributed by atoms with Crippen LogP contribution in [0.1, 0.15) is 19.3 Å². The third kappa shape index (κ3) is 4.39. The Balaban J connectivity index is 1.72. The van der Waals surface area contributed by atoms with Crippen LogP contribution >= 0.6 is 0 Å². The SMILES string of the molecule is COc1ccc(N2CC(C(=O)N(CC(=O)O)C3CCOCC3)CC2=O)cc1. The largest absolute Gasteiger partial charge is 0.497 e. The molecule has 3 rings (SSSR count). The van der Waals surface area contributed by atoms with Crippen molar-refractivity contribution in [2.24, 2.45) is 5.92 Å². The Kier molecular flexibility index (Phi) is 5.95. The summed E-state index contributed by atoms with van der Waals surface area (Å²) in [4.78, 5) is 39.7. The van der Waals surface area contributed by atoms with Crippen LogP contribution in [0.2, 0.25) is 0 Å². The summed E-state index contributed by atoms with van der Waals surface area (Å²) in [6, 6.07) is 6.91. The molecule has 2 aliphatic heterocycles. The third-order valence-electron chi connectivity index (χ3n) is 5.08. The lowest BCUT2D eigenvalue weighted by Crippen LogP contribution is -2.48. The van der Waals surface area contributed by atoms with Crippen LogP contribution in [0.25, 0.3) is 0 Å². The van der Waals surface area contributed by atoms with Crippen molar-refractivity contribution in [3.05, 3.63) is 24.3 Å². The van der Waals surface area contributed by atoms with Crippen molar-refractivity contribution in [3.8, 4) is 5.75 Å². The molecule has 0 spiro atoms. The fraction of sp³-hybridized carbons (Fsp3) is 0.526. The quantitative estimate of drug-likeness (QED) is 0.800. The number of carbonyl (C=O) groups is 3. The molecule has 8 nitrogen and oxygen atoms in total. The number of methoxy groups -OCH3 is 1. The summed E-state index contributed by atoms with van der Waals surface area (Å²) in [6.45, 7) is 0.922. The van der Waals surface area contributed by atoms with E-state index in [0.717, 1.165) is 0 Å². The number of carbonyl (C=O) groups excluding carboxylic acids is 2. The summed E-state index contributed by atoms with van der Waals surface area (Å²) in [5.41, 5.74) is 0.701. The first-order chi connectivity index (χ1) is 13.0. The van der Waals surface area contributed by atoms with E-state index in [2.05, 4.69) is 0 Å². The number of aliphatic carboxylic acids is 1. The first-order valence-electron chi connectivity index (χ1n) is 9.04. The molecule has 0 saturated carbocycles. The predicted molar refractivity (Wildman–Crippen MR) is 96.6 cm³/mol. The van der Waals surface area contributed by atoms with Gasteiger partial charge in [-0.15, -0.1) is 0 Å². The van der Waals surface area contributed by atoms with Crippen molar-refractivity contribution in [2.45, 2.75) is 25.3 Å². The van der Waals surface area contributed by atoms with Crippen molar-refractivity contribution in [1.82, 2.24) is 4.90 Å². The van der Waals surface area contributed by atoms with E-state index in [4.69, 9.17) is 9.47 Å². The molecule has 8 heteroatoms. The van der Waals surface area contributed by atoms with E-state index in [1.54, 1.807) is 36.3 Å². The summed E-state index contributed by atoms with van der Waals surface area (Å²) in [5.74, 6) is -1.31. The van der Waals surface area contributed by atoms with Crippen LogP contribution < -0.4 is 9.64 Å². The zero-order valence-corrected chi connectivity index (χ0v) is 15.3. The highest BCUT2D eigenvalue weighted by Gasteiger charge is 2.39. The van der Waals surface area contributed by atoms with Gasteiger partial charge in [-0.3, -0.25) is 14.4 Å². The minimum Gasteiger partial charge on any atom is -0.497 e. The maximum atomic E-state index is 13.0. The molecule has 27 heavy (non-hydrogen) atoms. The monoisotopic (exact) mass is 376 g/mol. The van der Waals surface area contributed by atoms with E-state index >= 15 is 0 Å². The molecule has 0 radical (unpaired) electrons. The smallest absolute Gasteiger partial charge is 0.323 e. The van der Waals surface area contributed by atoms with Crippen LogP contribution in [-0.2, 0) is 19.1 Å². The lowest BCUT2D eigenvalue weighted by atomic mass is 10.0. The molecular formula is C19H24N2O6. The van der Waals surface area contributed by atoms with E-state index in [0.29, 0.717) is 37.5 Å². The summed E-state index contributed by atoms with van der Waals surface area (Å²) >= 11 is 0. The molecule has 2 saturated heterocycles. The van der Waals surface area contributed by atoms with Crippen molar-refractivity contribution < 1.29 is 29.0 Å². The summed E-state index contributed by atoms with van der Waals surface area (Å²) in [7, 11) is 1.57. The number of hydrogen-bond donors (Lipinski definition) is 1. The predicted octanol–water partition coefficient (Wildman–Crippen LogP) is 1.14. The van der Waals surface area contributed by atoms with Gasteiger partial charge < -0.3 is 24.4 Å². The molecule has 0 bridgehead atoms. The number of benzene rings is 1. The summed E-state index contributed by atoms with van der Waals surface area (Å²) < 4.78 is 10.4. The standard InChI is InChI=1S/C19H24N2O6/c1-26-16-4-2-14(3-5-16)20-11-13(10-17(20)22)19(25)21(12-18(23)24)15-6-8-27-9-7-15/h2-5,13,15H,6-12H2,1H3,(H,23,24). The number of carboxylic acids is 1. The molecule has 1 aromatic rings. The fourth-order valence-electron chi connectivity index (χ4n) is 3.65. The Labute approximate surface area is 157 Å². The van der Waals surface area contributed by atoms with Gasteiger partial charge in [0, 0.05) is 37.9 Å². The van der Waals surface area contributed by atoms with Crippen LogP contribution in [0.15, 0.2) is 24.3 Å². The molecule has 2 fully saturated rings. The van der Waals surface area contributed by atoms with E-state index in [1.807, 2.05) is 0 Å². The number of nitrogens with zero attached hydrogens (tertiary/aromatic N) is 2. The van der Waals surface area contributed by atoms with Crippen LogP contribution in [0.5, 0.6) is 5.75 Å². The van der Waals surface area contributed by atoms with Gasteiger partial charge >= 0.3 is 5.97 Å². The fourth-order valence-corrected chi connectivity index (χ4v) is 3.65. The minimum atomic E-state index is -1.05. The molecule has 1 N–H and O–H groups in total. The molecule has 1 atom stereocenters.